The van der Waals surface area contributed by atoms with Crippen molar-refractivity contribution in [1.82, 2.24) is 4.90 Å². The monoisotopic (exact) mass is 259 g/mol. The molecular formula is C17H25NO. The molecule has 0 atom stereocenters. The number of aryl methyl sites for hydroxylation is 2. The van der Waals surface area contributed by atoms with Gasteiger partial charge in [0.25, 0.3) is 0 Å². The lowest BCUT2D eigenvalue weighted by atomic mass is 10.0. The van der Waals surface area contributed by atoms with E-state index in [4.69, 9.17) is 0 Å². The van der Waals surface area contributed by atoms with E-state index in [0.717, 1.165) is 25.1 Å². The predicted octanol–water partition coefficient (Wildman–Crippen LogP) is 3.34. The predicted molar refractivity (Wildman–Crippen MR) is 79.7 cm³/mol. The van der Waals surface area contributed by atoms with E-state index < -0.39 is 0 Å². The van der Waals surface area contributed by atoms with Crippen LogP contribution in [0.25, 0.3) is 0 Å². The number of ketones is 1. The van der Waals surface area contributed by atoms with Gasteiger partial charge < -0.3 is 0 Å². The zero-order chi connectivity index (χ0) is 13.8. The Morgan fingerprint density at radius 1 is 1.26 bits per heavy atom. The third-order valence-electron chi connectivity index (χ3n) is 3.86. The van der Waals surface area contributed by atoms with E-state index in [9.17, 15) is 4.79 Å². The minimum absolute atomic E-state index is 0.261. The van der Waals surface area contributed by atoms with Crippen molar-refractivity contribution >= 4 is 5.78 Å². The quantitative estimate of drug-likeness (QED) is 0.730. The smallest absolute Gasteiger partial charge is 0.176 e. The number of carbonyl (C=O) groups is 1. The van der Waals surface area contributed by atoms with Crippen molar-refractivity contribution < 1.29 is 4.79 Å². The Kier molecular flexibility index (Phi) is 4.76. The maximum absolute atomic E-state index is 12.4. The van der Waals surface area contributed by atoms with Gasteiger partial charge in [-0.1, -0.05) is 32.9 Å². The van der Waals surface area contributed by atoms with E-state index in [1.54, 1.807) is 0 Å². The topological polar surface area (TPSA) is 20.3 Å². The summed E-state index contributed by atoms with van der Waals surface area (Å²) in [6.07, 6.45) is 3.56. The van der Waals surface area contributed by atoms with Gasteiger partial charge in [0, 0.05) is 12.1 Å². The molecule has 0 amide bonds. The third-order valence-corrected chi connectivity index (χ3v) is 3.86. The lowest BCUT2D eigenvalue weighted by molar-refractivity contribution is 0.0926. The first kappa shape index (κ1) is 14.3. The molecule has 0 saturated carbocycles. The summed E-state index contributed by atoms with van der Waals surface area (Å²) in [5.41, 5.74) is 3.71. The first-order chi connectivity index (χ1) is 9.10. The molecule has 104 valence electrons. The molecule has 0 N–H and O–H groups in total. The van der Waals surface area contributed by atoms with Crippen LogP contribution in [0.2, 0.25) is 0 Å². The summed E-state index contributed by atoms with van der Waals surface area (Å²) in [7, 11) is 0. The number of fused-ring (bicyclic) bond motifs is 1. The van der Waals surface area contributed by atoms with Crippen molar-refractivity contribution in [1.29, 1.82) is 0 Å². The van der Waals surface area contributed by atoms with Crippen molar-refractivity contribution in [3.05, 3.63) is 34.9 Å². The Labute approximate surface area is 116 Å². The van der Waals surface area contributed by atoms with E-state index in [1.807, 2.05) is 6.07 Å². The van der Waals surface area contributed by atoms with Crippen LogP contribution < -0.4 is 0 Å². The molecule has 0 fully saturated rings. The summed E-state index contributed by atoms with van der Waals surface area (Å²) >= 11 is 0. The van der Waals surface area contributed by atoms with Crippen LogP contribution in [0, 0.1) is 5.92 Å². The molecule has 0 unspecified atom stereocenters. The van der Waals surface area contributed by atoms with Crippen molar-refractivity contribution in [2.45, 2.75) is 40.0 Å². The summed E-state index contributed by atoms with van der Waals surface area (Å²) in [6.45, 7) is 9.00. The molecule has 1 aromatic carbocycles. The number of hydrogen-bond donors (Lipinski definition) is 0. The zero-order valence-electron chi connectivity index (χ0n) is 12.4. The number of nitrogens with zero attached hydrogens (tertiary/aromatic N) is 1. The summed E-state index contributed by atoms with van der Waals surface area (Å²) in [5.74, 6) is 0.866. The number of benzene rings is 1. The van der Waals surface area contributed by atoms with Crippen molar-refractivity contribution in [3.63, 3.8) is 0 Å². The van der Waals surface area contributed by atoms with Crippen LogP contribution in [0.1, 0.15) is 48.7 Å². The van der Waals surface area contributed by atoms with Gasteiger partial charge in [-0.2, -0.15) is 0 Å². The van der Waals surface area contributed by atoms with Crippen LogP contribution in [0.4, 0.5) is 0 Å². The van der Waals surface area contributed by atoms with Gasteiger partial charge in [-0.15, -0.1) is 0 Å². The average Bonchev–Trinajstić information content (AvgIpc) is 2.84. The Morgan fingerprint density at radius 2 is 2.00 bits per heavy atom. The fraction of sp³-hybridized carbons (Fsp3) is 0.588. The van der Waals surface area contributed by atoms with E-state index in [2.05, 4.69) is 37.8 Å². The Bertz CT molecular complexity index is 451. The molecule has 1 aromatic rings. The molecule has 0 saturated heterocycles. The first-order valence-electron chi connectivity index (χ1n) is 7.47. The maximum Gasteiger partial charge on any atom is 0.176 e. The van der Waals surface area contributed by atoms with Gasteiger partial charge in [0.1, 0.15) is 0 Å². The molecule has 2 heteroatoms. The molecule has 0 bridgehead atoms. The third kappa shape index (κ3) is 3.66. The molecule has 2 rings (SSSR count). The second kappa shape index (κ2) is 6.33. The van der Waals surface area contributed by atoms with Crippen LogP contribution >= 0.6 is 0 Å². The number of likely N-dealkylation sites (N-methyl/N-ethyl adjacent to an activating group) is 1. The highest BCUT2D eigenvalue weighted by molar-refractivity contribution is 5.97. The molecule has 1 aliphatic rings. The van der Waals surface area contributed by atoms with Crippen molar-refractivity contribution in [3.8, 4) is 0 Å². The molecule has 0 aromatic heterocycles. The molecule has 0 heterocycles. The van der Waals surface area contributed by atoms with Crippen LogP contribution in [-0.2, 0) is 12.8 Å². The highest BCUT2D eigenvalue weighted by atomic mass is 16.1. The number of Topliss-reactive ketones (excluding diaryl/α,β-unsaturated/α-hetero) is 1. The van der Waals surface area contributed by atoms with E-state index in [0.29, 0.717) is 12.5 Å². The molecule has 0 aliphatic heterocycles. The summed E-state index contributed by atoms with van der Waals surface area (Å²) < 4.78 is 0. The standard InChI is InChI=1S/C17H25NO/c1-4-18(11-13(2)3)12-17(19)16-9-8-14-6-5-7-15(14)10-16/h8-10,13H,4-7,11-12H2,1-3H3. The Hall–Kier alpha value is -1.15. The summed E-state index contributed by atoms with van der Waals surface area (Å²) in [4.78, 5) is 14.6. The second-order valence-electron chi connectivity index (χ2n) is 5.98. The van der Waals surface area contributed by atoms with Crippen molar-refractivity contribution in [2.24, 2.45) is 5.92 Å². The van der Waals surface area contributed by atoms with Gasteiger partial charge in [-0.25, -0.2) is 0 Å². The van der Waals surface area contributed by atoms with E-state index >= 15 is 0 Å². The SMILES string of the molecule is CCN(CC(=O)c1ccc2c(c1)CCC2)CC(C)C. The van der Waals surface area contributed by atoms with Gasteiger partial charge >= 0.3 is 0 Å². The minimum Gasteiger partial charge on any atom is -0.296 e. The van der Waals surface area contributed by atoms with Crippen LogP contribution in [-0.4, -0.2) is 30.3 Å². The fourth-order valence-corrected chi connectivity index (χ4v) is 2.86. The largest absolute Gasteiger partial charge is 0.296 e. The molecule has 19 heavy (non-hydrogen) atoms. The molecule has 0 radical (unpaired) electrons. The minimum atomic E-state index is 0.261. The fourth-order valence-electron chi connectivity index (χ4n) is 2.86. The van der Waals surface area contributed by atoms with Gasteiger partial charge in [-0.3, -0.25) is 9.69 Å². The van der Waals surface area contributed by atoms with Gasteiger partial charge in [-0.05, 0) is 48.9 Å². The number of carbonyl (C=O) groups excluding carboxylic acids is 1. The van der Waals surface area contributed by atoms with Gasteiger partial charge in [0.15, 0.2) is 5.78 Å². The van der Waals surface area contributed by atoms with Crippen LogP contribution in [0.15, 0.2) is 18.2 Å². The summed E-state index contributed by atoms with van der Waals surface area (Å²) in [6, 6.07) is 6.28. The highest BCUT2D eigenvalue weighted by Crippen LogP contribution is 2.23. The Balaban J connectivity index is 2.03. The number of rotatable bonds is 6. The highest BCUT2D eigenvalue weighted by Gasteiger charge is 2.16. The molecule has 0 spiro atoms. The molecular weight excluding hydrogens is 234 g/mol. The molecule has 2 nitrogen and oxygen atoms in total. The van der Waals surface area contributed by atoms with Crippen LogP contribution in [0.5, 0.6) is 0 Å². The Morgan fingerprint density at radius 3 is 2.68 bits per heavy atom. The van der Waals surface area contributed by atoms with E-state index in [1.165, 1.54) is 24.0 Å². The normalized spacial score (nSPS) is 14.2. The van der Waals surface area contributed by atoms with Gasteiger partial charge in [0.2, 0.25) is 0 Å². The maximum atomic E-state index is 12.4. The van der Waals surface area contributed by atoms with Crippen molar-refractivity contribution in [2.75, 3.05) is 19.6 Å². The number of hydrogen-bond acceptors (Lipinski definition) is 2. The lowest BCUT2D eigenvalue weighted by Crippen LogP contribution is -2.32. The lowest BCUT2D eigenvalue weighted by Gasteiger charge is -2.21. The average molecular weight is 259 g/mol. The first-order valence-corrected chi connectivity index (χ1v) is 7.47. The van der Waals surface area contributed by atoms with E-state index in [-0.39, 0.29) is 5.78 Å². The van der Waals surface area contributed by atoms with Gasteiger partial charge in [0.05, 0.1) is 6.54 Å². The summed E-state index contributed by atoms with van der Waals surface area (Å²) in [5, 5.41) is 0. The molecule has 1 aliphatic carbocycles. The second-order valence-corrected chi connectivity index (χ2v) is 5.98. The zero-order valence-corrected chi connectivity index (χ0v) is 12.4. The van der Waals surface area contributed by atoms with Crippen LogP contribution in [0.3, 0.4) is 0 Å².